The van der Waals surface area contributed by atoms with Gasteiger partial charge in [-0.1, -0.05) is 102 Å². The molecule has 0 fully saturated rings. The zero-order valence-corrected chi connectivity index (χ0v) is 24.8. The third-order valence-corrected chi connectivity index (χ3v) is 6.41. The number of ether oxygens (including phenoxy) is 2. The van der Waals surface area contributed by atoms with Crippen LogP contribution in [0.15, 0.2) is 30.3 Å². The zero-order chi connectivity index (χ0) is 25.8. The standard InChI is InChI=1S/C29H50N2O4.BrH/c1-5-6-7-8-9-10-11-12-13-17-21-31(4,25-27-18-15-14-16-19-27)22-20-30-29(33)35-24-23-34-28(32)26(2)3;/h14-16,18-19,26H,5-13,17,20-25H2,1-4H3;1H. The van der Waals surface area contributed by atoms with Gasteiger partial charge in [-0.3, -0.25) is 4.79 Å². The molecule has 1 unspecified atom stereocenters. The van der Waals surface area contributed by atoms with Gasteiger partial charge in [0, 0.05) is 5.56 Å². The SMILES string of the molecule is CCCCCCCCCCCC[N+](C)(CCNC(=O)OCCOC(=O)C(C)C)Cc1ccccc1.[Br-]. The number of unbranched alkanes of at least 4 members (excludes halogenated alkanes) is 9. The Labute approximate surface area is 230 Å². The molecule has 0 saturated carbocycles. The van der Waals surface area contributed by atoms with Crippen LogP contribution in [0.4, 0.5) is 4.79 Å². The van der Waals surface area contributed by atoms with E-state index in [4.69, 9.17) is 9.47 Å². The number of halogens is 1. The quantitative estimate of drug-likeness (QED) is 0.148. The van der Waals surface area contributed by atoms with Crippen LogP contribution in [0.2, 0.25) is 0 Å². The highest BCUT2D eigenvalue weighted by atomic mass is 79.9. The topological polar surface area (TPSA) is 64.6 Å². The van der Waals surface area contributed by atoms with Crippen molar-refractivity contribution in [3.8, 4) is 0 Å². The third-order valence-electron chi connectivity index (χ3n) is 6.41. The fraction of sp³-hybridized carbons (Fsp3) is 0.724. The van der Waals surface area contributed by atoms with E-state index in [2.05, 4.69) is 43.6 Å². The number of nitrogens with zero attached hydrogens (tertiary/aromatic N) is 1. The second-order valence-corrected chi connectivity index (χ2v) is 10.3. The van der Waals surface area contributed by atoms with E-state index in [-0.39, 0.29) is 42.1 Å². The van der Waals surface area contributed by atoms with E-state index in [0.29, 0.717) is 6.54 Å². The molecular formula is C29H51BrN2O4. The summed E-state index contributed by atoms with van der Waals surface area (Å²) in [5, 5.41) is 2.86. The predicted octanol–water partition coefficient (Wildman–Crippen LogP) is 3.48. The molecular weight excluding hydrogens is 520 g/mol. The summed E-state index contributed by atoms with van der Waals surface area (Å²) < 4.78 is 11.1. The molecule has 208 valence electrons. The van der Waals surface area contributed by atoms with Crippen molar-refractivity contribution in [2.75, 3.05) is 39.9 Å². The van der Waals surface area contributed by atoms with Crippen LogP contribution in [0.3, 0.4) is 0 Å². The first-order valence-corrected chi connectivity index (χ1v) is 13.8. The summed E-state index contributed by atoms with van der Waals surface area (Å²) in [5.74, 6) is -0.464. The minimum Gasteiger partial charge on any atom is -1.00 e. The lowest BCUT2D eigenvalue weighted by Crippen LogP contribution is -3.00. The van der Waals surface area contributed by atoms with Crippen LogP contribution in [0.5, 0.6) is 0 Å². The molecule has 1 atom stereocenters. The first-order valence-electron chi connectivity index (χ1n) is 13.8. The number of quaternary nitrogens is 1. The van der Waals surface area contributed by atoms with Crippen LogP contribution in [-0.2, 0) is 20.8 Å². The number of hydrogen-bond donors (Lipinski definition) is 1. The van der Waals surface area contributed by atoms with Crippen LogP contribution < -0.4 is 22.3 Å². The average molecular weight is 572 g/mol. The number of likely N-dealkylation sites (N-methyl/N-ethyl adjacent to an activating group) is 1. The number of benzene rings is 1. The van der Waals surface area contributed by atoms with Crippen molar-refractivity contribution in [3.63, 3.8) is 0 Å². The van der Waals surface area contributed by atoms with Gasteiger partial charge >= 0.3 is 12.1 Å². The average Bonchev–Trinajstić information content (AvgIpc) is 2.83. The van der Waals surface area contributed by atoms with Gasteiger partial charge < -0.3 is 36.3 Å². The number of carbonyl (C=O) groups is 2. The molecule has 7 heteroatoms. The van der Waals surface area contributed by atoms with Gasteiger partial charge in [-0.05, 0) is 12.8 Å². The molecule has 0 spiro atoms. The van der Waals surface area contributed by atoms with E-state index in [1.807, 2.05) is 6.07 Å². The molecule has 0 saturated heterocycles. The molecule has 1 rings (SSSR count). The fourth-order valence-electron chi connectivity index (χ4n) is 4.20. The molecule has 1 aromatic carbocycles. The maximum absolute atomic E-state index is 12.0. The monoisotopic (exact) mass is 570 g/mol. The van der Waals surface area contributed by atoms with E-state index in [1.54, 1.807) is 13.8 Å². The number of alkyl carbamates (subject to hydrolysis) is 1. The summed E-state index contributed by atoms with van der Waals surface area (Å²) in [7, 11) is 2.28. The fourth-order valence-corrected chi connectivity index (χ4v) is 4.20. The van der Waals surface area contributed by atoms with Gasteiger partial charge in [-0.2, -0.15) is 0 Å². The van der Waals surface area contributed by atoms with Gasteiger partial charge in [0.25, 0.3) is 0 Å². The molecule has 0 aliphatic carbocycles. The van der Waals surface area contributed by atoms with Crippen molar-refractivity contribution < 1.29 is 40.5 Å². The van der Waals surface area contributed by atoms with Gasteiger partial charge in [0.15, 0.2) is 0 Å². The smallest absolute Gasteiger partial charge is 0.407 e. The highest BCUT2D eigenvalue weighted by Gasteiger charge is 2.22. The Morgan fingerprint density at radius 1 is 0.833 bits per heavy atom. The number of nitrogens with one attached hydrogen (secondary N) is 1. The van der Waals surface area contributed by atoms with Crippen molar-refractivity contribution >= 4 is 12.1 Å². The van der Waals surface area contributed by atoms with Crippen molar-refractivity contribution in [1.82, 2.24) is 5.32 Å². The van der Waals surface area contributed by atoms with E-state index >= 15 is 0 Å². The largest absolute Gasteiger partial charge is 1.00 e. The van der Waals surface area contributed by atoms with Gasteiger partial charge in [0.2, 0.25) is 0 Å². The Kier molecular flexibility index (Phi) is 20.5. The van der Waals surface area contributed by atoms with Gasteiger partial charge in [-0.15, -0.1) is 0 Å². The van der Waals surface area contributed by atoms with E-state index in [1.165, 1.54) is 69.8 Å². The summed E-state index contributed by atoms with van der Waals surface area (Å²) in [6, 6.07) is 10.6. The second-order valence-electron chi connectivity index (χ2n) is 10.3. The lowest BCUT2D eigenvalue weighted by Gasteiger charge is -2.35. The number of esters is 1. The first kappa shape index (κ1) is 34.4. The number of hydrogen-bond acceptors (Lipinski definition) is 4. The predicted molar refractivity (Wildman–Crippen MR) is 143 cm³/mol. The maximum atomic E-state index is 12.0. The van der Waals surface area contributed by atoms with E-state index in [9.17, 15) is 9.59 Å². The second kappa shape index (κ2) is 21.5. The third kappa shape index (κ3) is 17.8. The molecule has 0 aliphatic rings. The summed E-state index contributed by atoms with van der Waals surface area (Å²) in [6.07, 6.45) is 12.9. The Hall–Kier alpha value is -1.60. The molecule has 0 radical (unpaired) electrons. The van der Waals surface area contributed by atoms with Crippen molar-refractivity contribution in [3.05, 3.63) is 35.9 Å². The molecule has 0 aromatic heterocycles. The van der Waals surface area contributed by atoms with Gasteiger partial charge in [-0.25, -0.2) is 4.79 Å². The van der Waals surface area contributed by atoms with Gasteiger partial charge in [0.05, 0.1) is 32.6 Å². The highest BCUT2D eigenvalue weighted by molar-refractivity contribution is 5.71. The minimum absolute atomic E-state index is 0. The molecule has 1 aromatic rings. The molecule has 1 amide bonds. The van der Waals surface area contributed by atoms with Crippen LogP contribution in [0, 0.1) is 5.92 Å². The maximum Gasteiger partial charge on any atom is 0.407 e. The summed E-state index contributed by atoms with van der Waals surface area (Å²) in [6.45, 7) is 9.39. The Morgan fingerprint density at radius 3 is 1.97 bits per heavy atom. The number of amides is 1. The van der Waals surface area contributed by atoms with Crippen molar-refractivity contribution in [2.45, 2.75) is 91.5 Å². The number of carbonyl (C=O) groups excluding carboxylic acids is 2. The molecule has 1 N–H and O–H groups in total. The molecule has 0 heterocycles. The van der Waals surface area contributed by atoms with Crippen molar-refractivity contribution in [2.24, 2.45) is 5.92 Å². The summed E-state index contributed by atoms with van der Waals surface area (Å²) in [4.78, 5) is 23.5. The lowest BCUT2D eigenvalue weighted by molar-refractivity contribution is -0.921. The van der Waals surface area contributed by atoms with Crippen LogP contribution in [-0.4, -0.2) is 56.4 Å². The number of rotatable bonds is 20. The Morgan fingerprint density at radius 2 is 1.39 bits per heavy atom. The molecule has 0 bridgehead atoms. The van der Waals surface area contributed by atoms with E-state index in [0.717, 1.165) is 24.1 Å². The molecule has 36 heavy (non-hydrogen) atoms. The minimum atomic E-state index is -0.462. The summed E-state index contributed by atoms with van der Waals surface area (Å²) in [5.41, 5.74) is 1.32. The zero-order valence-electron chi connectivity index (χ0n) is 23.2. The highest BCUT2D eigenvalue weighted by Crippen LogP contribution is 2.16. The van der Waals surface area contributed by atoms with Gasteiger partial charge in [0.1, 0.15) is 19.8 Å². The Balaban J connectivity index is 0.0000122. The molecule has 6 nitrogen and oxygen atoms in total. The lowest BCUT2D eigenvalue weighted by atomic mass is 10.1. The normalized spacial score (nSPS) is 12.5. The molecule has 0 aliphatic heterocycles. The van der Waals surface area contributed by atoms with Crippen molar-refractivity contribution in [1.29, 1.82) is 0 Å². The van der Waals surface area contributed by atoms with Crippen LogP contribution >= 0.6 is 0 Å². The summed E-state index contributed by atoms with van der Waals surface area (Å²) >= 11 is 0. The van der Waals surface area contributed by atoms with Crippen LogP contribution in [0.1, 0.15) is 90.5 Å². The first-order chi connectivity index (χ1) is 16.9. The Bertz CT molecular complexity index is 687. The van der Waals surface area contributed by atoms with E-state index < -0.39 is 6.09 Å². The van der Waals surface area contributed by atoms with Crippen LogP contribution in [0.25, 0.3) is 0 Å².